The van der Waals surface area contributed by atoms with Gasteiger partial charge in [0.2, 0.25) is 0 Å². The quantitative estimate of drug-likeness (QED) is 0.879. The number of benzene rings is 1. The molecule has 2 N–H and O–H groups in total. The van der Waals surface area contributed by atoms with Gasteiger partial charge in [0.15, 0.2) is 0 Å². The number of methoxy groups -OCH3 is 1. The molecule has 18 heavy (non-hydrogen) atoms. The van der Waals surface area contributed by atoms with Gasteiger partial charge in [-0.3, -0.25) is 9.82 Å². The maximum Gasteiger partial charge on any atom is 0.262 e. The molecule has 0 aliphatic heterocycles. The fourth-order valence-corrected chi connectivity index (χ4v) is 2.66. The number of ether oxygens (including phenoxy) is 1. The fraction of sp³-hybridized carbons (Fsp3) is 0.182. The van der Waals surface area contributed by atoms with Crippen LogP contribution in [0.4, 0.5) is 5.69 Å². The number of rotatable bonds is 4. The Morgan fingerprint density at radius 2 is 2.17 bits per heavy atom. The van der Waals surface area contributed by atoms with Gasteiger partial charge in [0.05, 0.1) is 23.9 Å². The number of nitrogens with zero attached hydrogens (tertiary/aromatic N) is 1. The summed E-state index contributed by atoms with van der Waals surface area (Å²) in [7, 11) is -2.05. The van der Waals surface area contributed by atoms with Crippen LogP contribution in [-0.4, -0.2) is 25.7 Å². The molecule has 0 bridgehead atoms. The van der Waals surface area contributed by atoms with Gasteiger partial charge in [-0.2, -0.15) is 5.10 Å². The van der Waals surface area contributed by atoms with E-state index >= 15 is 0 Å². The summed E-state index contributed by atoms with van der Waals surface area (Å²) in [4.78, 5) is 0.182. The zero-order valence-electron chi connectivity index (χ0n) is 9.97. The van der Waals surface area contributed by atoms with Crippen LogP contribution in [0.3, 0.4) is 0 Å². The Kier molecular flexibility index (Phi) is 3.24. The van der Waals surface area contributed by atoms with E-state index in [4.69, 9.17) is 4.74 Å². The number of sulfonamides is 1. The smallest absolute Gasteiger partial charge is 0.262 e. The number of anilines is 1. The van der Waals surface area contributed by atoms with E-state index in [1.807, 2.05) is 0 Å². The molecule has 6 nitrogen and oxygen atoms in total. The second-order valence-electron chi connectivity index (χ2n) is 3.72. The highest BCUT2D eigenvalue weighted by Crippen LogP contribution is 2.22. The molecule has 2 aromatic rings. The molecule has 0 atom stereocenters. The molecule has 0 aliphatic rings. The lowest BCUT2D eigenvalue weighted by molar-refractivity contribution is 0.411. The van der Waals surface area contributed by atoms with E-state index in [2.05, 4.69) is 14.9 Å². The summed E-state index contributed by atoms with van der Waals surface area (Å²) in [6.07, 6.45) is 2.86. The number of aromatic amines is 1. The number of hydrogen-bond donors (Lipinski definition) is 2. The number of aromatic nitrogens is 2. The molecule has 0 spiro atoms. The van der Waals surface area contributed by atoms with Gasteiger partial charge in [-0.25, -0.2) is 8.42 Å². The highest BCUT2D eigenvalue weighted by atomic mass is 32.2. The summed E-state index contributed by atoms with van der Waals surface area (Å²) in [6.45, 7) is 1.79. The molecule has 0 fully saturated rings. The van der Waals surface area contributed by atoms with Crippen molar-refractivity contribution in [1.29, 1.82) is 0 Å². The molecule has 0 saturated carbocycles. The third-order valence-corrected chi connectivity index (χ3v) is 3.81. The molecular formula is C11H13N3O3S. The summed E-state index contributed by atoms with van der Waals surface area (Å²) in [5, 5.41) is 6.21. The van der Waals surface area contributed by atoms with Crippen LogP contribution in [0.25, 0.3) is 0 Å². The van der Waals surface area contributed by atoms with E-state index in [0.29, 0.717) is 11.4 Å². The average molecular weight is 267 g/mol. The molecule has 0 saturated heterocycles. The molecule has 0 amide bonds. The van der Waals surface area contributed by atoms with Crippen molar-refractivity contribution >= 4 is 15.7 Å². The second kappa shape index (κ2) is 4.69. The minimum Gasteiger partial charge on any atom is -0.496 e. The zero-order chi connectivity index (χ0) is 13.2. The molecule has 0 radical (unpaired) electrons. The Balaban J connectivity index is 2.33. The summed E-state index contributed by atoms with van der Waals surface area (Å²) >= 11 is 0. The number of H-pyrrole nitrogens is 1. The fourth-order valence-electron chi connectivity index (χ4n) is 1.54. The second-order valence-corrected chi connectivity index (χ2v) is 5.41. The van der Waals surface area contributed by atoms with Crippen molar-refractivity contribution in [2.45, 2.75) is 11.8 Å². The summed E-state index contributed by atoms with van der Waals surface area (Å²) in [5.74, 6) is 0.650. The van der Waals surface area contributed by atoms with Crippen LogP contribution in [0.2, 0.25) is 0 Å². The number of hydrogen-bond acceptors (Lipinski definition) is 4. The average Bonchev–Trinajstić information content (AvgIpc) is 2.81. The van der Waals surface area contributed by atoms with E-state index in [0.717, 1.165) is 5.56 Å². The Labute approximate surface area is 105 Å². The first-order chi connectivity index (χ1) is 8.53. The largest absolute Gasteiger partial charge is 0.496 e. The van der Waals surface area contributed by atoms with Crippen molar-refractivity contribution < 1.29 is 13.2 Å². The number of aryl methyl sites for hydroxylation is 1. The van der Waals surface area contributed by atoms with Gasteiger partial charge < -0.3 is 4.74 Å². The lowest BCUT2D eigenvalue weighted by atomic mass is 10.2. The first-order valence-corrected chi connectivity index (χ1v) is 6.67. The van der Waals surface area contributed by atoms with Gasteiger partial charge in [-0.15, -0.1) is 0 Å². The van der Waals surface area contributed by atoms with Crippen molar-refractivity contribution in [1.82, 2.24) is 10.2 Å². The molecule has 0 unspecified atom stereocenters. The molecule has 2 rings (SSSR count). The molecule has 7 heteroatoms. The number of nitrogens with one attached hydrogen (secondary N) is 2. The maximum atomic E-state index is 12.1. The van der Waals surface area contributed by atoms with Crippen LogP contribution in [0, 0.1) is 6.92 Å². The lowest BCUT2D eigenvalue weighted by Gasteiger charge is -2.09. The van der Waals surface area contributed by atoms with E-state index < -0.39 is 10.0 Å². The Bertz CT molecular complexity index is 636. The normalized spacial score (nSPS) is 11.2. The molecular weight excluding hydrogens is 254 g/mol. The minimum absolute atomic E-state index is 0.182. The third-order valence-electron chi connectivity index (χ3n) is 2.43. The SMILES string of the molecule is COc1ccc(S(=O)(=O)Nc2cn[nH]c2)cc1C. The minimum atomic E-state index is -3.60. The van der Waals surface area contributed by atoms with Crippen molar-refractivity contribution in [3.05, 3.63) is 36.2 Å². The van der Waals surface area contributed by atoms with Crippen molar-refractivity contribution in [3.63, 3.8) is 0 Å². The van der Waals surface area contributed by atoms with Gasteiger partial charge in [0.1, 0.15) is 5.75 Å². The molecule has 1 aromatic heterocycles. The highest BCUT2D eigenvalue weighted by Gasteiger charge is 2.15. The monoisotopic (exact) mass is 267 g/mol. The zero-order valence-corrected chi connectivity index (χ0v) is 10.8. The molecule has 1 aromatic carbocycles. The Morgan fingerprint density at radius 3 is 2.72 bits per heavy atom. The van der Waals surface area contributed by atoms with Crippen LogP contribution in [-0.2, 0) is 10.0 Å². The van der Waals surface area contributed by atoms with Gasteiger partial charge >= 0.3 is 0 Å². The van der Waals surface area contributed by atoms with Crippen LogP contribution >= 0.6 is 0 Å². The predicted octanol–water partition coefficient (Wildman–Crippen LogP) is 1.53. The van der Waals surface area contributed by atoms with E-state index in [9.17, 15) is 8.42 Å². The third kappa shape index (κ3) is 2.45. The standard InChI is InChI=1S/C11H13N3O3S/c1-8-5-10(3-4-11(8)17-2)18(15,16)14-9-6-12-13-7-9/h3-7,14H,1-2H3,(H,12,13). The van der Waals surface area contributed by atoms with Crippen molar-refractivity contribution in [2.24, 2.45) is 0 Å². The van der Waals surface area contributed by atoms with Crippen LogP contribution in [0.5, 0.6) is 5.75 Å². The van der Waals surface area contributed by atoms with E-state index in [1.165, 1.54) is 18.5 Å². The van der Waals surface area contributed by atoms with Gasteiger partial charge in [0.25, 0.3) is 10.0 Å². The van der Waals surface area contributed by atoms with Gasteiger partial charge in [-0.05, 0) is 30.7 Å². The summed E-state index contributed by atoms with van der Waals surface area (Å²) < 4.78 is 31.6. The van der Waals surface area contributed by atoms with Crippen LogP contribution in [0.1, 0.15) is 5.56 Å². The lowest BCUT2D eigenvalue weighted by Crippen LogP contribution is -2.12. The Morgan fingerprint density at radius 1 is 1.39 bits per heavy atom. The van der Waals surface area contributed by atoms with Gasteiger partial charge in [0, 0.05) is 6.20 Å². The first kappa shape index (κ1) is 12.4. The first-order valence-electron chi connectivity index (χ1n) is 5.19. The van der Waals surface area contributed by atoms with Crippen LogP contribution in [0.15, 0.2) is 35.5 Å². The summed E-state index contributed by atoms with van der Waals surface area (Å²) in [6, 6.07) is 4.68. The van der Waals surface area contributed by atoms with Crippen molar-refractivity contribution in [3.8, 4) is 5.75 Å². The molecule has 96 valence electrons. The highest BCUT2D eigenvalue weighted by molar-refractivity contribution is 7.92. The molecule has 0 aliphatic carbocycles. The van der Waals surface area contributed by atoms with Crippen LogP contribution < -0.4 is 9.46 Å². The maximum absolute atomic E-state index is 12.1. The summed E-state index contributed by atoms with van der Waals surface area (Å²) in [5.41, 5.74) is 1.15. The predicted molar refractivity (Wildman–Crippen MR) is 67.1 cm³/mol. The van der Waals surface area contributed by atoms with Gasteiger partial charge in [-0.1, -0.05) is 0 Å². The van der Waals surface area contributed by atoms with Crippen molar-refractivity contribution in [2.75, 3.05) is 11.8 Å². The molecule has 1 heterocycles. The van der Waals surface area contributed by atoms with E-state index in [1.54, 1.807) is 26.2 Å². The van der Waals surface area contributed by atoms with E-state index in [-0.39, 0.29) is 4.90 Å². The topological polar surface area (TPSA) is 84.1 Å². The Hall–Kier alpha value is -2.02.